The average Bonchev–Trinajstić information content (AvgIpc) is 2.17. The standard InChI is InChI=1S/C6H8O3/c1-4-2-6(4)3-8-5(7)9-6/h4H,2-3H2,1H3. The average molecular weight is 128 g/mol. The summed E-state index contributed by atoms with van der Waals surface area (Å²) in [6.07, 6.45) is 0.470. The van der Waals surface area contributed by atoms with Crippen LogP contribution in [0.15, 0.2) is 0 Å². The second-order valence-corrected chi connectivity index (χ2v) is 2.81. The van der Waals surface area contributed by atoms with Gasteiger partial charge < -0.3 is 9.47 Å². The predicted molar refractivity (Wildman–Crippen MR) is 28.9 cm³/mol. The van der Waals surface area contributed by atoms with Crippen LogP contribution in [0.5, 0.6) is 0 Å². The molecular weight excluding hydrogens is 120 g/mol. The van der Waals surface area contributed by atoms with Crippen molar-refractivity contribution in [1.82, 2.24) is 0 Å². The smallest absolute Gasteiger partial charge is 0.430 e. The minimum absolute atomic E-state index is 0.197. The summed E-state index contributed by atoms with van der Waals surface area (Å²) in [6, 6.07) is 0. The molecule has 0 amide bonds. The highest BCUT2D eigenvalue weighted by Gasteiger charge is 2.60. The Balaban J connectivity index is 2.11. The largest absolute Gasteiger partial charge is 0.509 e. The maximum absolute atomic E-state index is 10.4. The molecule has 9 heavy (non-hydrogen) atoms. The van der Waals surface area contributed by atoms with Crippen LogP contribution in [-0.2, 0) is 9.47 Å². The quantitative estimate of drug-likeness (QED) is 0.455. The fraction of sp³-hybridized carbons (Fsp3) is 0.833. The van der Waals surface area contributed by atoms with Gasteiger partial charge in [0.15, 0.2) is 5.60 Å². The van der Waals surface area contributed by atoms with Gasteiger partial charge in [0.2, 0.25) is 0 Å². The van der Waals surface area contributed by atoms with Crippen LogP contribution in [-0.4, -0.2) is 18.4 Å². The second-order valence-electron chi connectivity index (χ2n) is 2.81. The summed E-state index contributed by atoms with van der Waals surface area (Å²) in [4.78, 5) is 10.4. The summed E-state index contributed by atoms with van der Waals surface area (Å²) in [5.41, 5.74) is -0.197. The lowest BCUT2D eigenvalue weighted by atomic mass is 10.3. The van der Waals surface area contributed by atoms with Crippen molar-refractivity contribution in [2.24, 2.45) is 5.92 Å². The molecular formula is C6H8O3. The Kier molecular flexibility index (Phi) is 0.693. The highest BCUT2D eigenvalue weighted by Crippen LogP contribution is 2.49. The van der Waals surface area contributed by atoms with E-state index in [-0.39, 0.29) is 5.60 Å². The highest BCUT2D eigenvalue weighted by molar-refractivity contribution is 5.63. The van der Waals surface area contributed by atoms with E-state index in [2.05, 4.69) is 11.7 Å². The molecule has 0 aromatic heterocycles. The van der Waals surface area contributed by atoms with Crippen LogP contribution in [0, 0.1) is 5.92 Å². The summed E-state index contributed by atoms with van der Waals surface area (Å²) in [7, 11) is 0. The lowest BCUT2D eigenvalue weighted by molar-refractivity contribution is 0.107. The molecule has 2 fully saturated rings. The molecule has 3 nitrogen and oxygen atoms in total. The zero-order valence-corrected chi connectivity index (χ0v) is 5.22. The van der Waals surface area contributed by atoms with Crippen molar-refractivity contribution >= 4 is 6.16 Å². The number of hydrogen-bond donors (Lipinski definition) is 0. The Morgan fingerprint density at radius 1 is 1.78 bits per heavy atom. The summed E-state index contributed by atoms with van der Waals surface area (Å²) in [6.45, 7) is 2.52. The maximum atomic E-state index is 10.4. The molecule has 0 N–H and O–H groups in total. The molecule has 50 valence electrons. The molecule has 1 spiro atoms. The first-order valence-electron chi connectivity index (χ1n) is 3.09. The van der Waals surface area contributed by atoms with Crippen LogP contribution in [0.2, 0.25) is 0 Å². The van der Waals surface area contributed by atoms with Crippen molar-refractivity contribution in [3.8, 4) is 0 Å². The topological polar surface area (TPSA) is 35.5 Å². The number of hydrogen-bond acceptors (Lipinski definition) is 3. The first-order chi connectivity index (χ1) is 4.23. The molecule has 3 heteroatoms. The van der Waals surface area contributed by atoms with Crippen LogP contribution in [0.4, 0.5) is 4.79 Å². The summed E-state index contributed by atoms with van der Waals surface area (Å²) >= 11 is 0. The van der Waals surface area contributed by atoms with Gasteiger partial charge in [0.25, 0.3) is 0 Å². The lowest BCUT2D eigenvalue weighted by Crippen LogP contribution is -2.12. The van der Waals surface area contributed by atoms with Gasteiger partial charge in [0, 0.05) is 5.92 Å². The predicted octanol–water partition coefficient (Wildman–Crippen LogP) is 0.932. The molecule has 0 bridgehead atoms. The summed E-state index contributed by atoms with van der Waals surface area (Å²) in [5.74, 6) is 0.504. The van der Waals surface area contributed by atoms with E-state index in [4.69, 9.17) is 4.74 Å². The summed E-state index contributed by atoms with van der Waals surface area (Å²) in [5, 5.41) is 0. The Bertz CT molecular complexity index is 166. The van der Waals surface area contributed by atoms with Crippen LogP contribution < -0.4 is 0 Å². The molecule has 1 saturated heterocycles. The summed E-state index contributed by atoms with van der Waals surface area (Å²) < 4.78 is 9.55. The van der Waals surface area contributed by atoms with Crippen LogP contribution in [0.1, 0.15) is 13.3 Å². The third-order valence-corrected chi connectivity index (χ3v) is 2.11. The van der Waals surface area contributed by atoms with E-state index in [1.807, 2.05) is 0 Å². The van der Waals surface area contributed by atoms with Crippen molar-refractivity contribution < 1.29 is 14.3 Å². The van der Waals surface area contributed by atoms with Crippen molar-refractivity contribution in [3.05, 3.63) is 0 Å². The number of ether oxygens (including phenoxy) is 2. The molecule has 1 heterocycles. The molecule has 0 radical (unpaired) electrons. The Morgan fingerprint density at radius 2 is 2.44 bits per heavy atom. The van der Waals surface area contributed by atoms with E-state index in [0.29, 0.717) is 12.5 Å². The van der Waals surface area contributed by atoms with Crippen LogP contribution in [0.25, 0.3) is 0 Å². The van der Waals surface area contributed by atoms with Crippen molar-refractivity contribution in [2.75, 3.05) is 6.61 Å². The third kappa shape index (κ3) is 0.544. The van der Waals surface area contributed by atoms with Crippen molar-refractivity contribution in [3.63, 3.8) is 0 Å². The molecule has 0 aromatic carbocycles. The lowest BCUT2D eigenvalue weighted by Gasteiger charge is -1.99. The number of carbonyl (C=O) groups excluding carboxylic acids is 1. The minimum atomic E-state index is -0.501. The molecule has 1 saturated carbocycles. The van der Waals surface area contributed by atoms with Crippen LogP contribution >= 0.6 is 0 Å². The number of cyclic esters (lactones) is 1. The highest BCUT2D eigenvalue weighted by atomic mass is 16.8. The van der Waals surface area contributed by atoms with Crippen molar-refractivity contribution in [2.45, 2.75) is 18.9 Å². The molecule has 2 rings (SSSR count). The molecule has 1 aliphatic heterocycles. The van der Waals surface area contributed by atoms with Gasteiger partial charge in [-0.1, -0.05) is 6.92 Å². The molecule has 1 aliphatic carbocycles. The molecule has 2 atom stereocenters. The van der Waals surface area contributed by atoms with Gasteiger partial charge in [-0.15, -0.1) is 0 Å². The van der Waals surface area contributed by atoms with E-state index >= 15 is 0 Å². The van der Waals surface area contributed by atoms with E-state index in [1.165, 1.54) is 0 Å². The third-order valence-electron chi connectivity index (χ3n) is 2.11. The van der Waals surface area contributed by atoms with E-state index < -0.39 is 6.16 Å². The molecule has 2 unspecified atom stereocenters. The van der Waals surface area contributed by atoms with E-state index in [0.717, 1.165) is 6.42 Å². The second kappa shape index (κ2) is 1.23. The Hall–Kier alpha value is -0.730. The first-order valence-corrected chi connectivity index (χ1v) is 3.09. The van der Waals surface area contributed by atoms with Gasteiger partial charge in [-0.2, -0.15) is 0 Å². The van der Waals surface area contributed by atoms with Crippen LogP contribution in [0.3, 0.4) is 0 Å². The maximum Gasteiger partial charge on any atom is 0.509 e. The molecule has 0 aromatic rings. The first kappa shape index (κ1) is 5.09. The fourth-order valence-electron chi connectivity index (χ4n) is 1.21. The van der Waals surface area contributed by atoms with E-state index in [9.17, 15) is 4.79 Å². The molecule has 2 aliphatic rings. The fourth-order valence-corrected chi connectivity index (χ4v) is 1.21. The van der Waals surface area contributed by atoms with Gasteiger partial charge in [0.1, 0.15) is 6.61 Å². The Labute approximate surface area is 52.9 Å². The van der Waals surface area contributed by atoms with E-state index in [1.54, 1.807) is 0 Å². The Morgan fingerprint density at radius 3 is 2.67 bits per heavy atom. The van der Waals surface area contributed by atoms with Gasteiger partial charge in [0.05, 0.1) is 0 Å². The van der Waals surface area contributed by atoms with Crippen molar-refractivity contribution in [1.29, 1.82) is 0 Å². The monoisotopic (exact) mass is 128 g/mol. The number of rotatable bonds is 0. The normalized spacial score (nSPS) is 46.8. The SMILES string of the molecule is CC1CC12COC(=O)O2. The van der Waals surface area contributed by atoms with Gasteiger partial charge in [-0.3, -0.25) is 0 Å². The number of carbonyl (C=O) groups is 1. The minimum Gasteiger partial charge on any atom is -0.430 e. The van der Waals surface area contributed by atoms with Gasteiger partial charge in [-0.05, 0) is 6.42 Å². The van der Waals surface area contributed by atoms with Gasteiger partial charge in [-0.25, -0.2) is 4.79 Å². The zero-order chi connectivity index (χ0) is 6.48. The van der Waals surface area contributed by atoms with Gasteiger partial charge >= 0.3 is 6.16 Å². The zero-order valence-electron chi connectivity index (χ0n) is 5.22.